The molecule has 1 aromatic heterocycles. The summed E-state index contributed by atoms with van der Waals surface area (Å²) >= 11 is 0. The van der Waals surface area contributed by atoms with Crippen LogP contribution in [0.4, 0.5) is 0 Å². The maximum absolute atomic E-state index is 12.0. The van der Waals surface area contributed by atoms with Gasteiger partial charge in [0.15, 0.2) is 0 Å². The second-order valence-corrected chi connectivity index (χ2v) is 5.23. The Morgan fingerprint density at radius 2 is 2.09 bits per heavy atom. The Kier molecular flexibility index (Phi) is 4.34. The molecule has 114 valence electrons. The van der Waals surface area contributed by atoms with Crippen molar-refractivity contribution < 1.29 is 4.79 Å². The highest BCUT2D eigenvalue weighted by atomic mass is 16.1. The first-order chi connectivity index (χ1) is 11.3. The van der Waals surface area contributed by atoms with Crippen molar-refractivity contribution >= 4 is 16.8 Å². The minimum Gasteiger partial charge on any atom is -0.352 e. The highest BCUT2D eigenvalue weighted by Gasteiger charge is 2.06. The Hall–Kier alpha value is -3.13. The van der Waals surface area contributed by atoms with Crippen LogP contribution in [0.5, 0.6) is 0 Å². The van der Waals surface area contributed by atoms with Crippen molar-refractivity contribution in [1.29, 1.82) is 5.26 Å². The van der Waals surface area contributed by atoms with Gasteiger partial charge in [-0.15, -0.1) is 0 Å². The maximum Gasteiger partial charge on any atom is 0.251 e. The quantitative estimate of drug-likeness (QED) is 0.737. The summed E-state index contributed by atoms with van der Waals surface area (Å²) in [5.41, 5.74) is 2.09. The number of benzene rings is 2. The summed E-state index contributed by atoms with van der Waals surface area (Å²) in [6.45, 7) is 1.30. The second-order valence-electron chi connectivity index (χ2n) is 5.23. The average Bonchev–Trinajstić information content (AvgIpc) is 3.02. The summed E-state index contributed by atoms with van der Waals surface area (Å²) in [6.07, 6.45) is 2.64. The third-order valence-electron chi connectivity index (χ3n) is 3.64. The maximum atomic E-state index is 12.0. The van der Waals surface area contributed by atoms with Gasteiger partial charge in [-0.3, -0.25) is 9.48 Å². The molecule has 1 heterocycles. The molecule has 0 saturated carbocycles. The summed E-state index contributed by atoms with van der Waals surface area (Å²) in [5, 5.41) is 17.2. The minimum absolute atomic E-state index is 0.160. The van der Waals surface area contributed by atoms with E-state index in [2.05, 4.69) is 10.4 Å². The average molecular weight is 304 g/mol. The van der Waals surface area contributed by atoms with Crippen molar-refractivity contribution in [3.8, 4) is 6.07 Å². The fraction of sp³-hybridized carbons (Fsp3) is 0.167. The van der Waals surface area contributed by atoms with Gasteiger partial charge in [-0.2, -0.15) is 10.4 Å². The number of nitrogens with zero attached hydrogens (tertiary/aromatic N) is 3. The smallest absolute Gasteiger partial charge is 0.251 e. The number of aryl methyl sites for hydroxylation is 1. The van der Waals surface area contributed by atoms with Crippen LogP contribution in [0.1, 0.15) is 22.3 Å². The number of fused-ring (bicyclic) bond motifs is 1. The van der Waals surface area contributed by atoms with E-state index >= 15 is 0 Å². The van der Waals surface area contributed by atoms with Crippen LogP contribution in [0.2, 0.25) is 0 Å². The fourth-order valence-corrected chi connectivity index (χ4v) is 2.47. The van der Waals surface area contributed by atoms with Crippen molar-refractivity contribution in [1.82, 2.24) is 15.1 Å². The van der Waals surface area contributed by atoms with E-state index in [9.17, 15) is 4.79 Å². The van der Waals surface area contributed by atoms with Crippen LogP contribution in [0.25, 0.3) is 10.9 Å². The lowest BCUT2D eigenvalue weighted by atomic mass is 10.1. The van der Waals surface area contributed by atoms with E-state index in [1.54, 1.807) is 24.3 Å². The molecule has 1 N–H and O–H groups in total. The Labute approximate surface area is 134 Å². The SMILES string of the molecule is N#Cc1cccc(C(=O)NCCCn2ncc3ccccc32)c1. The van der Waals surface area contributed by atoms with Crippen LogP contribution in [0, 0.1) is 11.3 Å². The van der Waals surface area contributed by atoms with Gasteiger partial charge in [0.05, 0.1) is 23.3 Å². The molecular formula is C18H16N4O. The molecule has 0 radical (unpaired) electrons. The highest BCUT2D eigenvalue weighted by Crippen LogP contribution is 2.12. The van der Waals surface area contributed by atoms with E-state index in [-0.39, 0.29) is 5.91 Å². The zero-order valence-electron chi connectivity index (χ0n) is 12.6. The molecule has 0 aliphatic carbocycles. The molecule has 0 aliphatic heterocycles. The van der Waals surface area contributed by atoms with Crippen molar-refractivity contribution in [2.45, 2.75) is 13.0 Å². The van der Waals surface area contributed by atoms with Gasteiger partial charge in [-0.1, -0.05) is 24.3 Å². The van der Waals surface area contributed by atoms with Crippen LogP contribution in [0.15, 0.2) is 54.7 Å². The number of nitrogens with one attached hydrogen (secondary N) is 1. The third-order valence-corrected chi connectivity index (χ3v) is 3.64. The molecule has 1 amide bonds. The van der Waals surface area contributed by atoms with Gasteiger partial charge in [0.1, 0.15) is 0 Å². The molecule has 3 rings (SSSR count). The Balaban J connectivity index is 1.53. The number of nitriles is 1. The molecule has 0 saturated heterocycles. The van der Waals surface area contributed by atoms with Crippen LogP contribution in [-0.2, 0) is 6.54 Å². The van der Waals surface area contributed by atoms with Crippen LogP contribution >= 0.6 is 0 Å². The molecule has 5 nitrogen and oxygen atoms in total. The van der Waals surface area contributed by atoms with Gasteiger partial charge >= 0.3 is 0 Å². The Morgan fingerprint density at radius 1 is 1.22 bits per heavy atom. The molecule has 3 aromatic rings. The lowest BCUT2D eigenvalue weighted by Gasteiger charge is -2.06. The van der Waals surface area contributed by atoms with Gasteiger partial charge in [-0.25, -0.2) is 0 Å². The molecule has 0 fully saturated rings. The van der Waals surface area contributed by atoms with E-state index in [1.165, 1.54) is 0 Å². The van der Waals surface area contributed by atoms with Gasteiger partial charge in [0.2, 0.25) is 0 Å². The van der Waals surface area contributed by atoms with E-state index in [0.29, 0.717) is 17.7 Å². The molecule has 23 heavy (non-hydrogen) atoms. The standard InChI is InChI=1S/C18H16N4O/c19-12-14-5-3-7-15(11-14)18(23)20-9-4-10-22-17-8-2-1-6-16(17)13-21-22/h1-3,5-8,11,13H,4,9-10H2,(H,20,23). The molecule has 0 bridgehead atoms. The number of hydrogen-bond donors (Lipinski definition) is 1. The molecule has 0 spiro atoms. The summed E-state index contributed by atoms with van der Waals surface area (Å²) < 4.78 is 1.94. The zero-order valence-corrected chi connectivity index (χ0v) is 12.6. The van der Waals surface area contributed by atoms with E-state index in [0.717, 1.165) is 23.9 Å². The van der Waals surface area contributed by atoms with Crippen molar-refractivity contribution in [2.24, 2.45) is 0 Å². The third kappa shape index (κ3) is 3.38. The van der Waals surface area contributed by atoms with E-state index in [1.807, 2.05) is 41.2 Å². The van der Waals surface area contributed by atoms with Crippen LogP contribution in [0.3, 0.4) is 0 Å². The second kappa shape index (κ2) is 6.75. The first-order valence-corrected chi connectivity index (χ1v) is 7.47. The summed E-state index contributed by atoms with van der Waals surface area (Å²) in [5.74, 6) is -0.160. The van der Waals surface area contributed by atoms with Crippen LogP contribution < -0.4 is 5.32 Å². The Morgan fingerprint density at radius 3 is 2.96 bits per heavy atom. The first kappa shape index (κ1) is 14.8. The topological polar surface area (TPSA) is 70.7 Å². The van der Waals surface area contributed by atoms with Gasteiger partial charge in [0, 0.05) is 24.0 Å². The van der Waals surface area contributed by atoms with E-state index in [4.69, 9.17) is 5.26 Å². The lowest BCUT2D eigenvalue weighted by Crippen LogP contribution is -2.25. The predicted molar refractivity (Wildman–Crippen MR) is 87.8 cm³/mol. The highest BCUT2D eigenvalue weighted by molar-refractivity contribution is 5.94. The number of hydrogen-bond acceptors (Lipinski definition) is 3. The molecule has 0 atom stereocenters. The summed E-state index contributed by atoms with van der Waals surface area (Å²) in [7, 11) is 0. The molecule has 0 unspecified atom stereocenters. The monoisotopic (exact) mass is 304 g/mol. The first-order valence-electron chi connectivity index (χ1n) is 7.47. The van der Waals surface area contributed by atoms with Crippen molar-refractivity contribution in [2.75, 3.05) is 6.54 Å². The summed E-state index contributed by atoms with van der Waals surface area (Å²) in [6, 6.07) is 16.8. The number of carbonyl (C=O) groups excluding carboxylic acids is 1. The molecule has 2 aromatic carbocycles. The Bertz CT molecular complexity index is 876. The van der Waals surface area contributed by atoms with Gasteiger partial charge < -0.3 is 5.32 Å². The minimum atomic E-state index is -0.160. The predicted octanol–water partition coefficient (Wildman–Crippen LogP) is 2.73. The summed E-state index contributed by atoms with van der Waals surface area (Å²) in [4.78, 5) is 12.0. The normalized spacial score (nSPS) is 10.4. The number of rotatable bonds is 5. The van der Waals surface area contributed by atoms with Crippen LogP contribution in [-0.4, -0.2) is 22.2 Å². The van der Waals surface area contributed by atoms with Crippen molar-refractivity contribution in [3.05, 3.63) is 65.9 Å². The zero-order chi connectivity index (χ0) is 16.1. The van der Waals surface area contributed by atoms with Gasteiger partial charge in [0.25, 0.3) is 5.91 Å². The molecule has 5 heteroatoms. The van der Waals surface area contributed by atoms with Crippen molar-refractivity contribution in [3.63, 3.8) is 0 Å². The van der Waals surface area contributed by atoms with E-state index < -0.39 is 0 Å². The fourth-order valence-electron chi connectivity index (χ4n) is 2.47. The van der Waals surface area contributed by atoms with Gasteiger partial charge in [-0.05, 0) is 30.7 Å². The molecular weight excluding hydrogens is 288 g/mol. The largest absolute Gasteiger partial charge is 0.352 e. The lowest BCUT2D eigenvalue weighted by molar-refractivity contribution is 0.0952. The molecule has 0 aliphatic rings. The number of amides is 1. The number of carbonyl (C=O) groups is 1. The number of para-hydroxylation sites is 1. The number of aromatic nitrogens is 2.